The van der Waals surface area contributed by atoms with Crippen LogP contribution in [0, 0.1) is 11.7 Å². The van der Waals surface area contributed by atoms with Crippen LogP contribution >= 0.6 is 0 Å². The van der Waals surface area contributed by atoms with Gasteiger partial charge in [-0.3, -0.25) is 9.48 Å². The topological polar surface area (TPSA) is 95.1 Å². The van der Waals surface area contributed by atoms with E-state index < -0.39 is 11.8 Å². The largest absolute Gasteiger partial charge is 0.462 e. The van der Waals surface area contributed by atoms with Gasteiger partial charge in [0.25, 0.3) is 5.91 Å². The minimum atomic E-state index is -0.551. The van der Waals surface area contributed by atoms with Crippen LogP contribution in [0.25, 0.3) is 16.8 Å². The zero-order valence-electron chi connectivity index (χ0n) is 22.7. The van der Waals surface area contributed by atoms with Crippen molar-refractivity contribution in [1.82, 2.24) is 29.7 Å². The summed E-state index contributed by atoms with van der Waals surface area (Å²) in [6, 6.07) is 12.2. The second-order valence-corrected chi connectivity index (χ2v) is 10.7. The number of amides is 1. The normalized spacial score (nSPS) is 18.0. The number of aryl methyl sites for hydroxylation is 1. The molecule has 2 aliphatic carbocycles. The Kier molecular flexibility index (Phi) is 6.69. The number of esters is 1. The first-order chi connectivity index (χ1) is 19.4. The molecule has 0 unspecified atom stereocenters. The molecule has 2 saturated carbocycles. The third-order valence-corrected chi connectivity index (χ3v) is 7.65. The number of carbonyl (C=O) groups is 2. The van der Waals surface area contributed by atoms with Gasteiger partial charge in [-0.1, -0.05) is 29.5 Å². The molecule has 206 valence electrons. The van der Waals surface area contributed by atoms with Crippen molar-refractivity contribution in [2.75, 3.05) is 20.2 Å². The van der Waals surface area contributed by atoms with E-state index in [-0.39, 0.29) is 29.9 Å². The van der Waals surface area contributed by atoms with E-state index in [0.29, 0.717) is 34.8 Å². The molecule has 2 aliphatic rings. The molecule has 4 aromatic rings. The van der Waals surface area contributed by atoms with Gasteiger partial charge in [0.2, 0.25) is 0 Å². The van der Waals surface area contributed by atoms with Crippen molar-refractivity contribution in [3.63, 3.8) is 0 Å². The fourth-order valence-electron chi connectivity index (χ4n) is 5.35. The zero-order valence-corrected chi connectivity index (χ0v) is 22.7. The number of benzene rings is 2. The standard InChI is InChI=1S/C30H31FN6O3/c1-4-40-30(39)25-15-32-37(28(25)24-14-23(24)26-17-36(3)34-33-26)20-8-5-7-19(13-20)21-9-6-10-22(27(21)31)29(38)35(2)16-18-11-12-18/h5-10,13,15,17-18,23-24H,4,11-12,14,16H2,1-3H3/t23-,24-/m1/s1. The predicted octanol–water partition coefficient (Wildman–Crippen LogP) is 4.74. The summed E-state index contributed by atoms with van der Waals surface area (Å²) < 4.78 is 24.5. The van der Waals surface area contributed by atoms with E-state index in [4.69, 9.17) is 4.74 Å². The number of carbonyl (C=O) groups excluding carboxylic acids is 2. The molecule has 1 amide bonds. The van der Waals surface area contributed by atoms with Crippen LogP contribution in [0.4, 0.5) is 4.39 Å². The molecule has 6 rings (SSSR count). The van der Waals surface area contributed by atoms with E-state index in [0.717, 1.165) is 30.7 Å². The third-order valence-electron chi connectivity index (χ3n) is 7.65. The maximum atomic E-state index is 15.8. The van der Waals surface area contributed by atoms with Gasteiger partial charge in [-0.15, -0.1) is 5.10 Å². The van der Waals surface area contributed by atoms with Crippen LogP contribution in [-0.4, -0.2) is 61.8 Å². The van der Waals surface area contributed by atoms with Gasteiger partial charge in [-0.2, -0.15) is 5.10 Å². The third kappa shape index (κ3) is 4.89. The summed E-state index contributed by atoms with van der Waals surface area (Å²) in [7, 11) is 3.54. The molecule has 0 spiro atoms. The monoisotopic (exact) mass is 542 g/mol. The first-order valence-corrected chi connectivity index (χ1v) is 13.6. The first-order valence-electron chi connectivity index (χ1n) is 13.6. The van der Waals surface area contributed by atoms with E-state index in [1.807, 2.05) is 31.4 Å². The van der Waals surface area contributed by atoms with Crippen molar-refractivity contribution in [2.45, 2.75) is 38.0 Å². The lowest BCUT2D eigenvalue weighted by molar-refractivity contribution is 0.0524. The lowest BCUT2D eigenvalue weighted by atomic mass is 10.0. The molecule has 10 heteroatoms. The molecule has 2 heterocycles. The van der Waals surface area contributed by atoms with Gasteiger partial charge in [-0.25, -0.2) is 13.9 Å². The fraction of sp³-hybridized carbons (Fsp3) is 0.367. The highest BCUT2D eigenvalue weighted by Crippen LogP contribution is 2.55. The van der Waals surface area contributed by atoms with Crippen molar-refractivity contribution in [1.29, 1.82) is 0 Å². The predicted molar refractivity (Wildman–Crippen MR) is 146 cm³/mol. The number of aromatic nitrogens is 5. The lowest BCUT2D eigenvalue weighted by Gasteiger charge is -2.18. The Morgan fingerprint density at radius 2 is 1.93 bits per heavy atom. The highest BCUT2D eigenvalue weighted by atomic mass is 19.1. The Balaban J connectivity index is 1.35. The maximum Gasteiger partial charge on any atom is 0.341 e. The SMILES string of the molecule is CCOC(=O)c1cnn(-c2cccc(-c3cccc(C(=O)N(C)CC4CC4)c3F)c2)c1[C@@H]1C[C@H]1c1cn(C)nn1. The summed E-state index contributed by atoms with van der Waals surface area (Å²) in [4.78, 5) is 27.5. The van der Waals surface area contributed by atoms with Gasteiger partial charge in [0.05, 0.1) is 35.4 Å². The lowest BCUT2D eigenvalue weighted by Crippen LogP contribution is -2.29. The Hall–Kier alpha value is -4.34. The van der Waals surface area contributed by atoms with E-state index in [9.17, 15) is 9.59 Å². The Morgan fingerprint density at radius 1 is 1.12 bits per heavy atom. The average molecular weight is 543 g/mol. The molecule has 2 fully saturated rings. The van der Waals surface area contributed by atoms with Gasteiger partial charge < -0.3 is 9.64 Å². The van der Waals surface area contributed by atoms with Crippen LogP contribution in [0.2, 0.25) is 0 Å². The van der Waals surface area contributed by atoms with E-state index in [1.54, 1.807) is 46.4 Å². The van der Waals surface area contributed by atoms with Crippen LogP contribution < -0.4 is 0 Å². The minimum absolute atomic E-state index is 0.00181. The molecule has 0 radical (unpaired) electrons. The molecular weight excluding hydrogens is 511 g/mol. The number of hydrogen-bond donors (Lipinski definition) is 0. The Bertz CT molecular complexity index is 1590. The molecule has 40 heavy (non-hydrogen) atoms. The van der Waals surface area contributed by atoms with Crippen molar-refractivity contribution in [3.05, 3.63) is 83.2 Å². The molecule has 0 N–H and O–H groups in total. The highest BCUT2D eigenvalue weighted by Gasteiger charge is 2.46. The molecule has 2 aromatic heterocycles. The number of hydrogen-bond acceptors (Lipinski definition) is 6. The summed E-state index contributed by atoms with van der Waals surface area (Å²) in [5.74, 6) is -0.683. The summed E-state index contributed by atoms with van der Waals surface area (Å²) in [5, 5.41) is 12.9. The number of halogens is 1. The van der Waals surface area contributed by atoms with Gasteiger partial charge in [0.1, 0.15) is 11.4 Å². The highest BCUT2D eigenvalue weighted by molar-refractivity contribution is 5.96. The quantitative estimate of drug-likeness (QED) is 0.284. The van der Waals surface area contributed by atoms with Crippen molar-refractivity contribution < 1.29 is 18.7 Å². The Labute approximate surface area is 231 Å². The van der Waals surface area contributed by atoms with Crippen LogP contribution in [0.5, 0.6) is 0 Å². The van der Waals surface area contributed by atoms with Crippen molar-refractivity contribution in [2.24, 2.45) is 13.0 Å². The summed E-state index contributed by atoms with van der Waals surface area (Å²) in [6.45, 7) is 2.66. The van der Waals surface area contributed by atoms with Gasteiger partial charge in [0.15, 0.2) is 0 Å². The number of ether oxygens (including phenoxy) is 1. The second-order valence-electron chi connectivity index (χ2n) is 10.7. The first kappa shape index (κ1) is 25.9. The molecule has 2 atom stereocenters. The molecule has 0 bridgehead atoms. The van der Waals surface area contributed by atoms with E-state index >= 15 is 4.39 Å². The van der Waals surface area contributed by atoms with Crippen LogP contribution in [0.15, 0.2) is 54.9 Å². The molecular formula is C30H31FN6O3. The number of rotatable bonds is 9. The number of nitrogens with zero attached hydrogens (tertiary/aromatic N) is 6. The van der Waals surface area contributed by atoms with Gasteiger partial charge >= 0.3 is 5.97 Å². The molecule has 0 saturated heterocycles. The fourth-order valence-corrected chi connectivity index (χ4v) is 5.35. The molecule has 0 aliphatic heterocycles. The molecule has 9 nitrogen and oxygen atoms in total. The van der Waals surface area contributed by atoms with Crippen LogP contribution in [0.1, 0.15) is 70.1 Å². The smallest absolute Gasteiger partial charge is 0.341 e. The van der Waals surface area contributed by atoms with E-state index in [2.05, 4.69) is 15.4 Å². The maximum absolute atomic E-state index is 15.8. The van der Waals surface area contributed by atoms with Gasteiger partial charge in [-0.05, 0) is 55.9 Å². The van der Waals surface area contributed by atoms with Crippen molar-refractivity contribution in [3.8, 4) is 16.8 Å². The average Bonchev–Trinajstić information content (AvgIpc) is 3.85. The minimum Gasteiger partial charge on any atom is -0.462 e. The van der Waals surface area contributed by atoms with Crippen molar-refractivity contribution >= 4 is 11.9 Å². The summed E-state index contributed by atoms with van der Waals surface area (Å²) >= 11 is 0. The Morgan fingerprint density at radius 3 is 2.65 bits per heavy atom. The van der Waals surface area contributed by atoms with Gasteiger partial charge in [0, 0.05) is 44.2 Å². The molecule has 2 aromatic carbocycles. The van der Waals surface area contributed by atoms with E-state index in [1.165, 1.54) is 12.3 Å². The van der Waals surface area contributed by atoms with Crippen LogP contribution in [-0.2, 0) is 11.8 Å². The van der Waals surface area contributed by atoms with Crippen LogP contribution in [0.3, 0.4) is 0 Å². The summed E-state index contributed by atoms with van der Waals surface area (Å²) in [5.41, 5.74) is 3.66. The summed E-state index contributed by atoms with van der Waals surface area (Å²) in [6.07, 6.45) is 6.43. The second kappa shape index (κ2) is 10.3. The zero-order chi connectivity index (χ0) is 28.0.